The summed E-state index contributed by atoms with van der Waals surface area (Å²) in [6.07, 6.45) is 0.357. The van der Waals surface area contributed by atoms with Crippen molar-refractivity contribution in [1.82, 2.24) is 4.98 Å². The molecule has 0 spiro atoms. The Kier molecular flexibility index (Phi) is 6.25. The highest BCUT2D eigenvalue weighted by molar-refractivity contribution is 7.92. The van der Waals surface area contributed by atoms with Crippen LogP contribution in [-0.4, -0.2) is 20.0 Å². The molecule has 0 saturated carbocycles. The van der Waals surface area contributed by atoms with E-state index in [0.717, 1.165) is 5.56 Å². The van der Waals surface area contributed by atoms with Crippen LogP contribution in [0.5, 0.6) is 5.75 Å². The van der Waals surface area contributed by atoms with Gasteiger partial charge in [-0.1, -0.05) is 60.1 Å². The lowest BCUT2D eigenvalue weighted by atomic mass is 10.2. The molecule has 0 amide bonds. The molecule has 0 saturated heterocycles. The maximum Gasteiger partial charge on any atom is 0.264 e. The zero-order chi connectivity index (χ0) is 21.7. The van der Waals surface area contributed by atoms with Crippen molar-refractivity contribution in [2.75, 3.05) is 11.3 Å². The van der Waals surface area contributed by atoms with E-state index in [2.05, 4.69) is 9.71 Å². The highest BCUT2D eigenvalue weighted by atomic mass is 35.5. The van der Waals surface area contributed by atoms with Crippen LogP contribution in [0, 0.1) is 0 Å². The minimum atomic E-state index is -3.83. The molecule has 1 heterocycles. The molecule has 6 nitrogen and oxygen atoms in total. The van der Waals surface area contributed by atoms with Crippen molar-refractivity contribution in [3.8, 4) is 17.0 Å². The third-order valence-corrected chi connectivity index (χ3v) is 6.00. The summed E-state index contributed by atoms with van der Waals surface area (Å²) in [5.41, 5.74) is 1.16. The molecule has 1 N–H and O–H groups in total. The molecule has 8 heteroatoms. The Morgan fingerprint density at radius 2 is 1.55 bits per heavy atom. The SMILES string of the molecule is O=S(=O)(Nc1oc(CCOc2ccc(Cl)cc2)nc1-c1ccccc1)c1ccccc1. The first kappa shape index (κ1) is 21.0. The maximum atomic E-state index is 12.8. The number of nitrogens with zero attached hydrogens (tertiary/aromatic N) is 1. The fraction of sp³-hybridized carbons (Fsp3) is 0.0870. The molecule has 0 atom stereocenters. The van der Waals surface area contributed by atoms with E-state index in [1.54, 1.807) is 42.5 Å². The van der Waals surface area contributed by atoms with Crippen LogP contribution in [0.25, 0.3) is 11.3 Å². The number of rotatable bonds is 8. The predicted molar refractivity (Wildman–Crippen MR) is 120 cm³/mol. The van der Waals surface area contributed by atoms with E-state index < -0.39 is 10.0 Å². The monoisotopic (exact) mass is 454 g/mol. The topological polar surface area (TPSA) is 81.4 Å². The second kappa shape index (κ2) is 9.24. The lowest BCUT2D eigenvalue weighted by molar-refractivity contribution is 0.307. The summed E-state index contributed by atoms with van der Waals surface area (Å²) in [7, 11) is -3.83. The number of aromatic nitrogens is 1. The first-order valence-corrected chi connectivity index (χ1v) is 11.4. The van der Waals surface area contributed by atoms with Gasteiger partial charge >= 0.3 is 0 Å². The number of anilines is 1. The summed E-state index contributed by atoms with van der Waals surface area (Å²) in [6.45, 7) is 0.307. The van der Waals surface area contributed by atoms with E-state index in [4.69, 9.17) is 20.8 Å². The molecule has 0 radical (unpaired) electrons. The Morgan fingerprint density at radius 1 is 0.903 bits per heavy atom. The first-order valence-electron chi connectivity index (χ1n) is 9.53. The molecule has 31 heavy (non-hydrogen) atoms. The molecule has 0 aliphatic heterocycles. The Labute approximate surface area is 185 Å². The molecule has 4 rings (SSSR count). The number of benzene rings is 3. The summed E-state index contributed by atoms with van der Waals surface area (Å²) in [5, 5.41) is 0.628. The standard InChI is InChI=1S/C23H19ClN2O4S/c24-18-11-13-19(14-12-18)29-16-15-21-25-22(17-7-3-1-4-8-17)23(30-21)26-31(27,28)20-9-5-2-6-10-20/h1-14,26H,15-16H2. The summed E-state index contributed by atoms with van der Waals surface area (Å²) in [6, 6.07) is 24.4. The Morgan fingerprint density at radius 3 is 2.23 bits per heavy atom. The van der Waals surface area contributed by atoms with Crippen LogP contribution in [0.1, 0.15) is 5.89 Å². The van der Waals surface area contributed by atoms with E-state index in [1.165, 1.54) is 12.1 Å². The zero-order valence-electron chi connectivity index (χ0n) is 16.4. The number of halogens is 1. The Balaban J connectivity index is 1.56. The summed E-state index contributed by atoms with van der Waals surface area (Å²) in [4.78, 5) is 4.65. The third-order valence-electron chi connectivity index (χ3n) is 4.40. The highest BCUT2D eigenvalue weighted by Crippen LogP contribution is 2.30. The van der Waals surface area contributed by atoms with Crippen molar-refractivity contribution >= 4 is 27.5 Å². The van der Waals surface area contributed by atoms with Gasteiger partial charge in [0.2, 0.25) is 11.8 Å². The normalized spacial score (nSPS) is 11.3. The quantitative estimate of drug-likeness (QED) is 0.384. The van der Waals surface area contributed by atoms with Crippen molar-refractivity contribution in [2.45, 2.75) is 11.3 Å². The minimum Gasteiger partial charge on any atom is -0.493 e. The lowest BCUT2D eigenvalue weighted by Crippen LogP contribution is -2.12. The molecule has 0 aliphatic carbocycles. The van der Waals surface area contributed by atoms with E-state index in [-0.39, 0.29) is 10.8 Å². The number of oxazole rings is 1. The maximum absolute atomic E-state index is 12.8. The van der Waals surface area contributed by atoms with Gasteiger partial charge in [0.05, 0.1) is 17.9 Å². The summed E-state index contributed by atoms with van der Waals surface area (Å²) < 4.78 is 39.6. The molecule has 0 fully saturated rings. The van der Waals surface area contributed by atoms with Crippen LogP contribution < -0.4 is 9.46 Å². The van der Waals surface area contributed by atoms with Gasteiger partial charge in [0.1, 0.15) is 11.4 Å². The van der Waals surface area contributed by atoms with Crippen LogP contribution in [-0.2, 0) is 16.4 Å². The number of hydrogen-bond donors (Lipinski definition) is 1. The zero-order valence-corrected chi connectivity index (χ0v) is 17.9. The Bertz CT molecular complexity index is 1240. The van der Waals surface area contributed by atoms with Crippen molar-refractivity contribution in [3.63, 3.8) is 0 Å². The van der Waals surface area contributed by atoms with Crippen molar-refractivity contribution in [2.24, 2.45) is 0 Å². The third kappa shape index (κ3) is 5.25. The van der Waals surface area contributed by atoms with Gasteiger partial charge in [0.15, 0.2) is 0 Å². The largest absolute Gasteiger partial charge is 0.493 e. The average Bonchev–Trinajstić information content (AvgIpc) is 3.18. The van der Waals surface area contributed by atoms with Crippen LogP contribution in [0.15, 0.2) is 94.2 Å². The molecular weight excluding hydrogens is 436 g/mol. The van der Waals surface area contributed by atoms with E-state index >= 15 is 0 Å². The van der Waals surface area contributed by atoms with Crippen LogP contribution in [0.3, 0.4) is 0 Å². The summed E-state index contributed by atoms with van der Waals surface area (Å²) >= 11 is 5.88. The summed E-state index contributed by atoms with van der Waals surface area (Å²) in [5.74, 6) is 1.10. The van der Waals surface area contributed by atoms with Gasteiger partial charge in [-0.25, -0.2) is 18.1 Å². The van der Waals surface area contributed by atoms with Crippen molar-refractivity contribution in [3.05, 3.63) is 95.8 Å². The van der Waals surface area contributed by atoms with Gasteiger partial charge in [-0.05, 0) is 36.4 Å². The van der Waals surface area contributed by atoms with Gasteiger partial charge in [-0.2, -0.15) is 0 Å². The van der Waals surface area contributed by atoms with Crippen molar-refractivity contribution < 1.29 is 17.6 Å². The highest BCUT2D eigenvalue weighted by Gasteiger charge is 2.22. The fourth-order valence-electron chi connectivity index (χ4n) is 2.90. The molecule has 158 valence electrons. The first-order chi connectivity index (χ1) is 15.0. The molecule has 3 aromatic carbocycles. The van der Waals surface area contributed by atoms with Gasteiger partial charge < -0.3 is 9.15 Å². The lowest BCUT2D eigenvalue weighted by Gasteiger charge is -2.07. The van der Waals surface area contributed by atoms with Crippen LogP contribution in [0.4, 0.5) is 5.88 Å². The number of nitrogens with one attached hydrogen (secondary N) is 1. The molecule has 1 aromatic heterocycles. The molecule has 0 aliphatic rings. The van der Waals surface area contributed by atoms with Crippen LogP contribution in [0.2, 0.25) is 5.02 Å². The molecule has 0 bridgehead atoms. The number of hydrogen-bond acceptors (Lipinski definition) is 5. The minimum absolute atomic E-state index is 0.0662. The van der Waals surface area contributed by atoms with Gasteiger partial charge in [-0.3, -0.25) is 0 Å². The van der Waals surface area contributed by atoms with Crippen LogP contribution >= 0.6 is 11.6 Å². The van der Waals surface area contributed by atoms with Gasteiger partial charge in [-0.15, -0.1) is 0 Å². The second-order valence-corrected chi connectivity index (χ2v) is 8.74. The van der Waals surface area contributed by atoms with Gasteiger partial charge in [0, 0.05) is 10.6 Å². The molecule has 4 aromatic rings. The number of sulfonamides is 1. The predicted octanol–water partition coefficient (Wildman–Crippen LogP) is 5.42. The molecule has 0 unspecified atom stereocenters. The van der Waals surface area contributed by atoms with Gasteiger partial charge in [0.25, 0.3) is 10.0 Å². The number of ether oxygens (including phenoxy) is 1. The Hall–Kier alpha value is -3.29. The average molecular weight is 455 g/mol. The molecular formula is C23H19ClN2O4S. The smallest absolute Gasteiger partial charge is 0.264 e. The van der Waals surface area contributed by atoms with E-state index in [0.29, 0.717) is 35.4 Å². The van der Waals surface area contributed by atoms with Crippen molar-refractivity contribution in [1.29, 1.82) is 0 Å². The van der Waals surface area contributed by atoms with E-state index in [1.807, 2.05) is 30.3 Å². The second-order valence-electron chi connectivity index (χ2n) is 6.62. The fourth-order valence-corrected chi connectivity index (χ4v) is 4.04. The van der Waals surface area contributed by atoms with E-state index in [9.17, 15) is 8.42 Å².